The third-order valence-electron chi connectivity index (χ3n) is 3.14. The first-order chi connectivity index (χ1) is 10.0. The highest BCUT2D eigenvalue weighted by Crippen LogP contribution is 2.19. The lowest BCUT2D eigenvalue weighted by atomic mass is 10.1. The fourth-order valence-corrected chi connectivity index (χ4v) is 3.14. The van der Waals surface area contributed by atoms with E-state index in [1.165, 1.54) is 11.3 Å². The Balaban J connectivity index is 2.48. The summed E-state index contributed by atoms with van der Waals surface area (Å²) in [7, 11) is 0. The van der Waals surface area contributed by atoms with E-state index in [0.717, 1.165) is 29.1 Å². The molecule has 1 N–H and O–H groups in total. The Morgan fingerprint density at radius 3 is 2.67 bits per heavy atom. The number of aromatic nitrogens is 1. The lowest BCUT2D eigenvalue weighted by molar-refractivity contribution is -0.138. The van der Waals surface area contributed by atoms with Crippen LogP contribution in [0.4, 0.5) is 5.69 Å². The highest BCUT2D eigenvalue weighted by Gasteiger charge is 2.18. The van der Waals surface area contributed by atoms with Crippen LogP contribution in [0.3, 0.4) is 0 Å². The van der Waals surface area contributed by atoms with Crippen molar-refractivity contribution in [2.24, 2.45) is 4.99 Å². The van der Waals surface area contributed by atoms with E-state index in [-0.39, 0.29) is 0 Å². The molecule has 0 aliphatic heterocycles. The highest BCUT2D eigenvalue weighted by atomic mass is 35.5. The zero-order valence-corrected chi connectivity index (χ0v) is 13.5. The first-order valence-corrected chi connectivity index (χ1v) is 8.00. The summed E-state index contributed by atoms with van der Waals surface area (Å²) in [5.41, 5.74) is 1.60. The number of thiazole rings is 1. The van der Waals surface area contributed by atoms with Crippen molar-refractivity contribution in [2.75, 3.05) is 0 Å². The number of carboxylic acid groups (broad SMARTS) is 1. The van der Waals surface area contributed by atoms with Gasteiger partial charge >= 0.3 is 5.97 Å². The Hall–Kier alpha value is -1.59. The minimum Gasteiger partial charge on any atom is -0.481 e. The number of aliphatic carboxylic acids is 1. The molecule has 0 saturated heterocycles. The third-order valence-corrected chi connectivity index (χ3v) is 4.27. The molecule has 2 rings (SSSR count). The molecule has 112 valence electrons. The van der Waals surface area contributed by atoms with Crippen molar-refractivity contribution in [2.45, 2.75) is 32.7 Å². The van der Waals surface area contributed by atoms with Gasteiger partial charge in [-0.3, -0.25) is 4.79 Å². The van der Waals surface area contributed by atoms with Gasteiger partial charge in [-0.15, -0.1) is 11.3 Å². The topological polar surface area (TPSA) is 54.6 Å². The van der Waals surface area contributed by atoms with Gasteiger partial charge in [0.15, 0.2) is 4.80 Å². The van der Waals surface area contributed by atoms with Gasteiger partial charge in [-0.1, -0.05) is 18.5 Å². The van der Waals surface area contributed by atoms with Crippen molar-refractivity contribution in [1.82, 2.24) is 4.57 Å². The molecule has 2 aromatic rings. The predicted molar refractivity (Wildman–Crippen MR) is 85.3 cm³/mol. The van der Waals surface area contributed by atoms with Crippen LogP contribution in [-0.4, -0.2) is 15.6 Å². The van der Waals surface area contributed by atoms with Crippen LogP contribution in [0.5, 0.6) is 0 Å². The molecule has 1 aromatic heterocycles. The van der Waals surface area contributed by atoms with Crippen molar-refractivity contribution in [3.63, 3.8) is 0 Å². The van der Waals surface area contributed by atoms with Gasteiger partial charge in [-0.2, -0.15) is 0 Å². The number of nitrogens with zero attached hydrogens (tertiary/aromatic N) is 2. The van der Waals surface area contributed by atoms with Crippen molar-refractivity contribution >= 4 is 34.6 Å². The standard InChI is InChI=1S/C15H17ClN2O2S/c1-3-8-18-13(10(2)14(19)20)9-21-15(18)17-12-6-4-11(16)5-7-12/h4-7,9-10H,3,8H2,1-2H3,(H,19,20). The molecule has 0 aliphatic rings. The van der Waals surface area contributed by atoms with Gasteiger partial charge < -0.3 is 9.67 Å². The van der Waals surface area contributed by atoms with Crippen LogP contribution < -0.4 is 4.80 Å². The summed E-state index contributed by atoms with van der Waals surface area (Å²) in [6.45, 7) is 4.51. The first-order valence-electron chi connectivity index (χ1n) is 6.74. The number of halogens is 1. The van der Waals surface area contributed by atoms with E-state index in [1.54, 1.807) is 19.1 Å². The molecular weight excluding hydrogens is 308 g/mol. The van der Waals surface area contributed by atoms with E-state index in [1.807, 2.05) is 22.1 Å². The monoisotopic (exact) mass is 324 g/mol. The average Bonchev–Trinajstić information content (AvgIpc) is 2.84. The Bertz CT molecular complexity index is 688. The molecule has 1 unspecified atom stereocenters. The van der Waals surface area contributed by atoms with Gasteiger partial charge in [0.2, 0.25) is 0 Å². The molecule has 0 saturated carbocycles. The minimum atomic E-state index is -0.823. The maximum absolute atomic E-state index is 11.2. The zero-order chi connectivity index (χ0) is 15.4. The molecule has 0 radical (unpaired) electrons. The molecule has 1 aromatic carbocycles. The second-order valence-corrected chi connectivity index (χ2v) is 6.02. The number of benzene rings is 1. The van der Waals surface area contributed by atoms with E-state index in [0.29, 0.717) is 5.02 Å². The van der Waals surface area contributed by atoms with Crippen molar-refractivity contribution < 1.29 is 9.90 Å². The molecule has 1 atom stereocenters. The average molecular weight is 325 g/mol. The van der Waals surface area contributed by atoms with Crippen LogP contribution in [0.25, 0.3) is 0 Å². The fraction of sp³-hybridized carbons (Fsp3) is 0.333. The summed E-state index contributed by atoms with van der Waals surface area (Å²) in [6, 6.07) is 7.27. The van der Waals surface area contributed by atoms with Gasteiger partial charge in [-0.05, 0) is 37.6 Å². The molecule has 0 bridgehead atoms. The number of rotatable bonds is 5. The van der Waals surface area contributed by atoms with Crippen LogP contribution in [-0.2, 0) is 11.3 Å². The molecule has 21 heavy (non-hydrogen) atoms. The normalized spacial score (nSPS) is 13.4. The van der Waals surface area contributed by atoms with Crippen molar-refractivity contribution in [1.29, 1.82) is 0 Å². The second kappa shape index (κ2) is 6.91. The van der Waals surface area contributed by atoms with Gasteiger partial charge in [0.25, 0.3) is 0 Å². The number of carboxylic acids is 1. The summed E-state index contributed by atoms with van der Waals surface area (Å²) in [5, 5.41) is 11.8. The van der Waals surface area contributed by atoms with Crippen molar-refractivity contribution in [3.8, 4) is 0 Å². The maximum atomic E-state index is 11.2. The largest absolute Gasteiger partial charge is 0.481 e. The molecule has 6 heteroatoms. The van der Waals surface area contributed by atoms with Gasteiger partial charge in [0, 0.05) is 22.6 Å². The van der Waals surface area contributed by atoms with Gasteiger partial charge in [0.05, 0.1) is 11.6 Å². The van der Waals surface area contributed by atoms with Crippen LogP contribution in [0.2, 0.25) is 5.02 Å². The highest BCUT2D eigenvalue weighted by molar-refractivity contribution is 7.07. The van der Waals surface area contributed by atoms with Crippen molar-refractivity contribution in [3.05, 3.63) is 45.2 Å². The molecule has 0 fully saturated rings. The summed E-state index contributed by atoms with van der Waals surface area (Å²) >= 11 is 7.33. The fourth-order valence-electron chi connectivity index (χ4n) is 1.97. The van der Waals surface area contributed by atoms with Gasteiger partial charge in [-0.25, -0.2) is 4.99 Å². The van der Waals surface area contributed by atoms with E-state index >= 15 is 0 Å². The summed E-state index contributed by atoms with van der Waals surface area (Å²) in [6.07, 6.45) is 0.921. The Morgan fingerprint density at radius 1 is 1.43 bits per heavy atom. The van der Waals surface area contributed by atoms with Gasteiger partial charge in [0.1, 0.15) is 0 Å². The Labute approximate surface area is 132 Å². The summed E-state index contributed by atoms with van der Waals surface area (Å²) < 4.78 is 1.98. The van der Waals surface area contributed by atoms with E-state index < -0.39 is 11.9 Å². The van der Waals surface area contributed by atoms with E-state index in [9.17, 15) is 9.90 Å². The smallest absolute Gasteiger partial charge is 0.312 e. The molecule has 0 spiro atoms. The van der Waals surface area contributed by atoms with E-state index in [2.05, 4.69) is 11.9 Å². The zero-order valence-electron chi connectivity index (χ0n) is 11.9. The van der Waals surface area contributed by atoms with Crippen LogP contribution >= 0.6 is 22.9 Å². The van der Waals surface area contributed by atoms with Crippen LogP contribution in [0.1, 0.15) is 31.9 Å². The molecule has 0 amide bonds. The summed E-state index contributed by atoms with van der Waals surface area (Å²) in [4.78, 5) is 16.6. The number of hydrogen-bond acceptors (Lipinski definition) is 3. The minimum absolute atomic E-state index is 0.540. The Morgan fingerprint density at radius 2 is 2.10 bits per heavy atom. The molecular formula is C15H17ClN2O2S. The predicted octanol–water partition coefficient (Wildman–Crippen LogP) is 4.03. The maximum Gasteiger partial charge on any atom is 0.312 e. The van der Waals surface area contributed by atoms with Crippen LogP contribution in [0.15, 0.2) is 34.6 Å². The first kappa shape index (κ1) is 15.8. The Kier molecular flexibility index (Phi) is 5.20. The number of carbonyl (C=O) groups is 1. The van der Waals surface area contributed by atoms with Crippen LogP contribution in [0, 0.1) is 0 Å². The lowest BCUT2D eigenvalue weighted by Gasteiger charge is -2.10. The number of hydrogen-bond donors (Lipinski definition) is 1. The molecule has 1 heterocycles. The second-order valence-electron chi connectivity index (χ2n) is 4.74. The molecule has 0 aliphatic carbocycles. The van der Waals surface area contributed by atoms with E-state index in [4.69, 9.17) is 11.6 Å². The SMILES string of the molecule is CCCn1c(C(C)C(=O)O)csc1=Nc1ccc(Cl)cc1. The molecule has 4 nitrogen and oxygen atoms in total. The third kappa shape index (κ3) is 3.74. The summed E-state index contributed by atoms with van der Waals surface area (Å²) in [5.74, 6) is -1.36. The quantitative estimate of drug-likeness (QED) is 0.902. The lowest BCUT2D eigenvalue weighted by Crippen LogP contribution is -2.21.